The first-order valence-corrected chi connectivity index (χ1v) is 7.20. The fraction of sp³-hybridized carbons (Fsp3) is 0.714. The van der Waals surface area contributed by atoms with Gasteiger partial charge in [0.15, 0.2) is 6.23 Å². The molecule has 0 aliphatic carbocycles. The van der Waals surface area contributed by atoms with E-state index in [0.717, 1.165) is 12.8 Å². The number of likely N-dealkylation sites (tertiary alicyclic amines) is 1. The highest BCUT2D eigenvalue weighted by molar-refractivity contribution is 6.05. The van der Waals surface area contributed by atoms with Crippen LogP contribution in [-0.4, -0.2) is 58.8 Å². The molecule has 116 valence electrons. The molecule has 0 aromatic carbocycles. The molecule has 21 heavy (non-hydrogen) atoms. The van der Waals surface area contributed by atoms with E-state index in [4.69, 9.17) is 4.74 Å². The number of hydrogen-bond acceptors (Lipinski definition) is 5. The van der Waals surface area contributed by atoms with Crippen LogP contribution in [0.4, 0.5) is 0 Å². The van der Waals surface area contributed by atoms with E-state index >= 15 is 0 Å². The van der Waals surface area contributed by atoms with Crippen molar-refractivity contribution in [3.05, 3.63) is 0 Å². The number of esters is 1. The maximum Gasteiger partial charge on any atom is 0.304 e. The molecule has 1 saturated heterocycles. The van der Waals surface area contributed by atoms with Gasteiger partial charge in [-0.2, -0.15) is 0 Å². The smallest absolute Gasteiger partial charge is 0.304 e. The van der Waals surface area contributed by atoms with Crippen molar-refractivity contribution >= 4 is 23.6 Å². The summed E-state index contributed by atoms with van der Waals surface area (Å²) in [5.74, 6) is -0.225. The van der Waals surface area contributed by atoms with Gasteiger partial charge in [-0.3, -0.25) is 24.3 Å². The largest absolute Gasteiger partial charge is 0.442 e. The van der Waals surface area contributed by atoms with Crippen LogP contribution in [-0.2, 0) is 19.1 Å². The topological polar surface area (TPSA) is 79.3 Å². The quantitative estimate of drug-likeness (QED) is 0.712. The van der Waals surface area contributed by atoms with Crippen molar-refractivity contribution < 1.29 is 19.1 Å². The number of hydrogen-bond donors (Lipinski definition) is 0. The predicted octanol–water partition coefficient (Wildman–Crippen LogP) is 0.537. The summed E-state index contributed by atoms with van der Waals surface area (Å²) in [6, 6.07) is -0.00875. The first-order chi connectivity index (χ1) is 9.90. The second-order valence-corrected chi connectivity index (χ2v) is 5.49. The van der Waals surface area contributed by atoms with E-state index in [1.807, 2.05) is 6.92 Å². The average molecular weight is 295 g/mol. The van der Waals surface area contributed by atoms with E-state index in [2.05, 4.69) is 4.99 Å². The lowest BCUT2D eigenvalue weighted by Gasteiger charge is -2.40. The molecule has 2 heterocycles. The van der Waals surface area contributed by atoms with Crippen molar-refractivity contribution in [3.8, 4) is 0 Å². The van der Waals surface area contributed by atoms with E-state index < -0.39 is 12.2 Å². The third kappa shape index (κ3) is 3.40. The normalized spacial score (nSPS) is 25.9. The van der Waals surface area contributed by atoms with Gasteiger partial charge in [-0.25, -0.2) is 0 Å². The van der Waals surface area contributed by atoms with Gasteiger partial charge in [0.25, 0.3) is 0 Å². The second kappa shape index (κ2) is 6.24. The molecule has 0 bridgehead atoms. The number of rotatable bonds is 3. The Morgan fingerprint density at radius 3 is 2.67 bits per heavy atom. The standard InChI is InChI=1S/C14H21N3O4/c1-9-5-4-6-14(21-11(3)18)17(9)13(20)8-16-10(2)15-7-12(16)19/h9,14H,4-8H2,1-3H3. The average Bonchev–Trinajstić information content (AvgIpc) is 2.70. The molecule has 2 aliphatic rings. The van der Waals surface area contributed by atoms with Crippen LogP contribution in [0.3, 0.4) is 0 Å². The van der Waals surface area contributed by atoms with Gasteiger partial charge in [0, 0.05) is 19.4 Å². The van der Waals surface area contributed by atoms with Crippen LogP contribution < -0.4 is 0 Å². The van der Waals surface area contributed by atoms with Crippen LogP contribution in [0.25, 0.3) is 0 Å². The number of amidine groups is 1. The van der Waals surface area contributed by atoms with Crippen LogP contribution in [0.5, 0.6) is 0 Å². The lowest BCUT2D eigenvalue weighted by atomic mass is 10.0. The van der Waals surface area contributed by atoms with Crippen LogP contribution in [0.1, 0.15) is 40.0 Å². The van der Waals surface area contributed by atoms with Gasteiger partial charge in [-0.15, -0.1) is 0 Å². The summed E-state index contributed by atoms with van der Waals surface area (Å²) in [5, 5.41) is 0. The van der Waals surface area contributed by atoms with Crippen molar-refractivity contribution in [2.45, 2.75) is 52.3 Å². The molecule has 2 atom stereocenters. The molecular weight excluding hydrogens is 274 g/mol. The number of amides is 2. The Bertz CT molecular complexity index is 489. The maximum absolute atomic E-state index is 12.5. The summed E-state index contributed by atoms with van der Waals surface area (Å²) in [7, 11) is 0. The Hall–Kier alpha value is -1.92. The number of carbonyl (C=O) groups excluding carboxylic acids is 3. The minimum atomic E-state index is -0.534. The third-order valence-corrected chi connectivity index (χ3v) is 3.88. The summed E-state index contributed by atoms with van der Waals surface area (Å²) in [5.41, 5.74) is 0. The molecule has 1 fully saturated rings. The van der Waals surface area contributed by atoms with E-state index in [9.17, 15) is 14.4 Å². The maximum atomic E-state index is 12.5. The van der Waals surface area contributed by atoms with Gasteiger partial charge in [0.2, 0.25) is 11.8 Å². The summed E-state index contributed by atoms with van der Waals surface area (Å²) < 4.78 is 5.25. The molecule has 7 nitrogen and oxygen atoms in total. The molecule has 0 aromatic rings. The van der Waals surface area contributed by atoms with Gasteiger partial charge >= 0.3 is 5.97 Å². The molecule has 0 radical (unpaired) electrons. The molecule has 2 rings (SSSR count). The van der Waals surface area contributed by atoms with Gasteiger partial charge in [-0.1, -0.05) is 0 Å². The van der Waals surface area contributed by atoms with Gasteiger partial charge in [0.1, 0.15) is 18.9 Å². The number of piperidine rings is 1. The molecule has 2 unspecified atom stereocenters. The van der Waals surface area contributed by atoms with Crippen molar-refractivity contribution in [2.75, 3.05) is 13.1 Å². The number of aliphatic imine (C=N–C) groups is 1. The van der Waals surface area contributed by atoms with Crippen molar-refractivity contribution in [2.24, 2.45) is 4.99 Å². The first kappa shape index (κ1) is 15.5. The van der Waals surface area contributed by atoms with Crippen molar-refractivity contribution in [3.63, 3.8) is 0 Å². The van der Waals surface area contributed by atoms with Gasteiger partial charge in [0.05, 0.1) is 0 Å². The molecule has 0 N–H and O–H groups in total. The summed E-state index contributed by atoms with van der Waals surface area (Å²) in [4.78, 5) is 42.4. The zero-order chi connectivity index (χ0) is 15.6. The zero-order valence-electron chi connectivity index (χ0n) is 12.7. The van der Waals surface area contributed by atoms with Crippen LogP contribution in [0, 0.1) is 0 Å². The summed E-state index contributed by atoms with van der Waals surface area (Å²) in [6.07, 6.45) is 1.88. The zero-order valence-corrected chi connectivity index (χ0v) is 12.7. The van der Waals surface area contributed by atoms with Crippen LogP contribution >= 0.6 is 0 Å². The highest BCUT2D eigenvalue weighted by Crippen LogP contribution is 2.24. The number of ether oxygens (including phenoxy) is 1. The second-order valence-electron chi connectivity index (χ2n) is 5.49. The molecule has 0 spiro atoms. The Morgan fingerprint density at radius 2 is 2.10 bits per heavy atom. The third-order valence-electron chi connectivity index (χ3n) is 3.88. The minimum absolute atomic E-state index is 0.00875. The lowest BCUT2D eigenvalue weighted by Crippen LogP contribution is -2.54. The Morgan fingerprint density at radius 1 is 1.38 bits per heavy atom. The van der Waals surface area contributed by atoms with Crippen molar-refractivity contribution in [1.29, 1.82) is 0 Å². The minimum Gasteiger partial charge on any atom is -0.442 e. The fourth-order valence-corrected chi connectivity index (χ4v) is 2.82. The van der Waals surface area contributed by atoms with Gasteiger partial charge in [-0.05, 0) is 26.7 Å². The number of nitrogens with zero attached hydrogens (tertiary/aromatic N) is 3. The van der Waals surface area contributed by atoms with Crippen LogP contribution in [0.15, 0.2) is 4.99 Å². The first-order valence-electron chi connectivity index (χ1n) is 7.20. The van der Waals surface area contributed by atoms with E-state index in [1.165, 1.54) is 11.8 Å². The van der Waals surface area contributed by atoms with E-state index in [0.29, 0.717) is 12.3 Å². The SMILES string of the molecule is CC(=O)OC1CCCC(C)N1C(=O)CN1C(=O)CN=C1C. The molecule has 2 aliphatic heterocycles. The lowest BCUT2D eigenvalue weighted by molar-refractivity contribution is -0.171. The molecule has 2 amide bonds. The molecule has 7 heteroatoms. The summed E-state index contributed by atoms with van der Waals surface area (Å²) in [6.45, 7) is 5.03. The Balaban J connectivity index is 2.08. The van der Waals surface area contributed by atoms with E-state index in [1.54, 1.807) is 11.8 Å². The van der Waals surface area contributed by atoms with Gasteiger partial charge < -0.3 is 9.64 Å². The predicted molar refractivity (Wildman–Crippen MR) is 75.4 cm³/mol. The molecule has 0 aromatic heterocycles. The van der Waals surface area contributed by atoms with E-state index in [-0.39, 0.29) is 30.9 Å². The Kier molecular flexibility index (Phi) is 4.59. The highest BCUT2D eigenvalue weighted by Gasteiger charge is 2.36. The van der Waals surface area contributed by atoms with Crippen molar-refractivity contribution in [1.82, 2.24) is 9.80 Å². The molecule has 0 saturated carbocycles. The molecular formula is C14H21N3O4. The number of carbonyl (C=O) groups is 3. The Labute approximate surface area is 123 Å². The summed E-state index contributed by atoms with van der Waals surface area (Å²) >= 11 is 0. The monoisotopic (exact) mass is 295 g/mol. The van der Waals surface area contributed by atoms with Crippen LogP contribution in [0.2, 0.25) is 0 Å². The highest BCUT2D eigenvalue weighted by atomic mass is 16.6. The fourth-order valence-electron chi connectivity index (χ4n) is 2.82.